The van der Waals surface area contributed by atoms with Crippen molar-refractivity contribution in [2.45, 2.75) is 58.4 Å². The number of carbonyl (C=O) groups is 1. The number of likely N-dealkylation sites (N-methyl/N-ethyl adjacent to an activating group) is 1. The summed E-state index contributed by atoms with van der Waals surface area (Å²) in [4.78, 5) is 23.7. The van der Waals surface area contributed by atoms with Crippen LogP contribution in [0.15, 0.2) is 4.99 Å². The molecule has 0 aromatic heterocycles. The second-order valence-corrected chi connectivity index (χ2v) is 8.85. The van der Waals surface area contributed by atoms with Crippen LogP contribution in [-0.4, -0.2) is 99.1 Å². The Morgan fingerprint density at radius 1 is 1.07 bits per heavy atom. The van der Waals surface area contributed by atoms with Crippen LogP contribution in [0, 0.1) is 5.92 Å². The van der Waals surface area contributed by atoms with Gasteiger partial charge in [0.05, 0.1) is 6.04 Å². The summed E-state index contributed by atoms with van der Waals surface area (Å²) in [5.74, 6) is 2.06. The van der Waals surface area contributed by atoms with Crippen molar-refractivity contribution in [3.05, 3.63) is 0 Å². The topological polar surface area (TPSA) is 63.2 Å². The molecule has 0 saturated carbocycles. The third kappa shape index (κ3) is 9.68. The van der Waals surface area contributed by atoms with Gasteiger partial charge in [0.1, 0.15) is 0 Å². The summed E-state index contributed by atoms with van der Waals surface area (Å²) in [7, 11) is 3.71. The molecule has 0 radical (unpaired) electrons. The molecule has 0 bridgehead atoms. The molecular formula is C22H45IN6O. The smallest absolute Gasteiger partial charge is 0.239 e. The molecule has 30 heavy (non-hydrogen) atoms. The monoisotopic (exact) mass is 536 g/mol. The second kappa shape index (κ2) is 15.2. The number of likely N-dealkylation sites (tertiary alicyclic amines) is 2. The van der Waals surface area contributed by atoms with Crippen molar-refractivity contribution in [1.82, 2.24) is 25.3 Å². The van der Waals surface area contributed by atoms with Crippen molar-refractivity contribution in [3.8, 4) is 0 Å². The Balaban J connectivity index is 0.00000450. The van der Waals surface area contributed by atoms with E-state index in [1.54, 1.807) is 4.90 Å². The van der Waals surface area contributed by atoms with Crippen molar-refractivity contribution in [3.63, 3.8) is 0 Å². The van der Waals surface area contributed by atoms with Gasteiger partial charge in [0.15, 0.2) is 5.96 Å². The van der Waals surface area contributed by atoms with Crippen LogP contribution in [0.5, 0.6) is 0 Å². The highest BCUT2D eigenvalue weighted by Gasteiger charge is 2.30. The largest absolute Gasteiger partial charge is 0.357 e. The molecule has 1 amide bonds. The van der Waals surface area contributed by atoms with Crippen LogP contribution < -0.4 is 10.6 Å². The first-order valence-electron chi connectivity index (χ1n) is 11.7. The first-order valence-corrected chi connectivity index (χ1v) is 11.7. The van der Waals surface area contributed by atoms with E-state index in [0.717, 1.165) is 76.8 Å². The van der Waals surface area contributed by atoms with Crippen LogP contribution in [-0.2, 0) is 4.79 Å². The summed E-state index contributed by atoms with van der Waals surface area (Å²) in [5.41, 5.74) is 0. The van der Waals surface area contributed by atoms with Crippen LogP contribution in [0.2, 0.25) is 0 Å². The number of nitrogens with one attached hydrogen (secondary N) is 2. The third-order valence-corrected chi connectivity index (χ3v) is 6.13. The van der Waals surface area contributed by atoms with Crippen LogP contribution in [0.1, 0.15) is 52.4 Å². The fourth-order valence-electron chi connectivity index (χ4n) is 4.27. The van der Waals surface area contributed by atoms with Gasteiger partial charge < -0.3 is 20.4 Å². The molecule has 1 unspecified atom stereocenters. The molecule has 0 aromatic rings. The lowest BCUT2D eigenvalue weighted by Gasteiger charge is -2.29. The first kappa shape index (κ1) is 27.4. The highest BCUT2D eigenvalue weighted by molar-refractivity contribution is 14.0. The maximum atomic E-state index is 12.3. The van der Waals surface area contributed by atoms with E-state index in [1.165, 1.54) is 25.9 Å². The maximum absolute atomic E-state index is 12.3. The zero-order valence-electron chi connectivity index (χ0n) is 19.7. The molecule has 2 rings (SSSR count). The predicted molar refractivity (Wildman–Crippen MR) is 137 cm³/mol. The molecule has 2 aliphatic rings. The summed E-state index contributed by atoms with van der Waals surface area (Å²) < 4.78 is 0. The number of aliphatic imine (C=N–C) groups is 1. The van der Waals surface area contributed by atoms with Crippen molar-refractivity contribution < 1.29 is 4.79 Å². The van der Waals surface area contributed by atoms with Gasteiger partial charge in [-0.1, -0.05) is 6.92 Å². The van der Waals surface area contributed by atoms with E-state index in [4.69, 9.17) is 4.99 Å². The molecular weight excluding hydrogens is 491 g/mol. The van der Waals surface area contributed by atoms with E-state index in [0.29, 0.717) is 0 Å². The summed E-state index contributed by atoms with van der Waals surface area (Å²) >= 11 is 0. The van der Waals surface area contributed by atoms with Crippen LogP contribution >= 0.6 is 24.0 Å². The maximum Gasteiger partial charge on any atom is 0.239 e. The third-order valence-electron chi connectivity index (χ3n) is 6.13. The molecule has 7 nitrogen and oxygen atoms in total. The number of hydrogen-bond donors (Lipinski definition) is 2. The average Bonchev–Trinajstić information content (AvgIpc) is 3.17. The number of carbonyl (C=O) groups excluding carboxylic acids is 1. The normalized spacial score (nSPS) is 21.3. The number of rotatable bonds is 10. The first-order chi connectivity index (χ1) is 14.0. The minimum Gasteiger partial charge on any atom is -0.357 e. The Kier molecular flexibility index (Phi) is 13.9. The number of guanidine groups is 1. The van der Waals surface area contributed by atoms with Crippen molar-refractivity contribution in [2.24, 2.45) is 10.9 Å². The average molecular weight is 537 g/mol. The van der Waals surface area contributed by atoms with Crippen LogP contribution in [0.4, 0.5) is 0 Å². The fraction of sp³-hybridized carbons (Fsp3) is 0.909. The molecule has 2 N–H and O–H groups in total. The lowest BCUT2D eigenvalue weighted by Crippen LogP contribution is -2.44. The second-order valence-electron chi connectivity index (χ2n) is 8.85. The minimum atomic E-state index is 0. The Morgan fingerprint density at radius 2 is 1.80 bits per heavy atom. The van der Waals surface area contributed by atoms with Gasteiger partial charge in [0.25, 0.3) is 0 Å². The Morgan fingerprint density at radius 3 is 2.47 bits per heavy atom. The van der Waals surface area contributed by atoms with E-state index in [-0.39, 0.29) is 35.9 Å². The van der Waals surface area contributed by atoms with E-state index in [9.17, 15) is 4.79 Å². The van der Waals surface area contributed by atoms with Gasteiger partial charge in [-0.2, -0.15) is 0 Å². The van der Waals surface area contributed by atoms with E-state index in [1.807, 2.05) is 14.1 Å². The molecule has 0 aliphatic carbocycles. The van der Waals surface area contributed by atoms with Crippen molar-refractivity contribution in [1.29, 1.82) is 0 Å². The summed E-state index contributed by atoms with van der Waals surface area (Å²) in [6.45, 7) is 12.7. The Hall–Kier alpha value is -0.610. The number of hydrogen-bond acceptors (Lipinski definition) is 4. The van der Waals surface area contributed by atoms with Crippen LogP contribution in [0.25, 0.3) is 0 Å². The highest BCUT2D eigenvalue weighted by Crippen LogP contribution is 2.18. The highest BCUT2D eigenvalue weighted by atomic mass is 127. The van der Waals surface area contributed by atoms with Gasteiger partial charge in [-0.25, -0.2) is 0 Å². The lowest BCUT2D eigenvalue weighted by atomic mass is 9.99. The summed E-state index contributed by atoms with van der Waals surface area (Å²) in [6.07, 6.45) is 6.93. The summed E-state index contributed by atoms with van der Waals surface area (Å²) in [5, 5.41) is 6.81. The van der Waals surface area contributed by atoms with E-state index < -0.39 is 0 Å². The van der Waals surface area contributed by atoms with Gasteiger partial charge in [0, 0.05) is 40.3 Å². The quantitative estimate of drug-likeness (QED) is 0.194. The molecule has 0 aromatic carbocycles. The zero-order chi connectivity index (χ0) is 21.1. The molecule has 2 fully saturated rings. The standard InChI is InChI=1S/C22H44N6O.HI/c1-5-23-22(24-12-7-14-27-17-10-19(2)11-18-27)25-13-8-16-28-15-6-9-20(28)21(29)26(3)4;/h19-20H,5-18H2,1-4H3,(H2,23,24,25);1H. The van der Waals surface area contributed by atoms with Crippen molar-refractivity contribution >= 4 is 35.8 Å². The number of nitrogens with zero attached hydrogens (tertiary/aromatic N) is 4. The van der Waals surface area contributed by atoms with Crippen molar-refractivity contribution in [2.75, 3.05) is 66.5 Å². The molecule has 0 spiro atoms. The molecule has 2 aliphatic heterocycles. The number of piperidine rings is 1. The number of amides is 1. The Labute approximate surface area is 201 Å². The van der Waals surface area contributed by atoms with Gasteiger partial charge in [-0.15, -0.1) is 24.0 Å². The zero-order valence-corrected chi connectivity index (χ0v) is 22.0. The Bertz CT molecular complexity index is 508. The minimum absolute atomic E-state index is 0. The SMILES string of the molecule is CCNC(=NCCCN1CCC(C)CC1)NCCCN1CCCC1C(=O)N(C)C.I. The lowest BCUT2D eigenvalue weighted by molar-refractivity contribution is -0.133. The summed E-state index contributed by atoms with van der Waals surface area (Å²) in [6, 6.07) is 0.0738. The molecule has 2 heterocycles. The molecule has 2 saturated heterocycles. The fourth-order valence-corrected chi connectivity index (χ4v) is 4.27. The van der Waals surface area contributed by atoms with Gasteiger partial charge in [-0.3, -0.25) is 14.7 Å². The van der Waals surface area contributed by atoms with Gasteiger partial charge in [0.2, 0.25) is 5.91 Å². The van der Waals surface area contributed by atoms with Crippen LogP contribution in [0.3, 0.4) is 0 Å². The van der Waals surface area contributed by atoms with E-state index in [2.05, 4.69) is 34.3 Å². The molecule has 1 atom stereocenters. The molecule has 8 heteroatoms. The molecule has 176 valence electrons. The number of halogens is 1. The van der Waals surface area contributed by atoms with Gasteiger partial charge in [-0.05, 0) is 77.5 Å². The predicted octanol–water partition coefficient (Wildman–Crippen LogP) is 2.22. The van der Waals surface area contributed by atoms with E-state index >= 15 is 0 Å². The van der Waals surface area contributed by atoms with Gasteiger partial charge >= 0.3 is 0 Å².